The number of rotatable bonds is 2. The lowest BCUT2D eigenvalue weighted by atomic mass is 9.51. The van der Waals surface area contributed by atoms with Gasteiger partial charge in [-0.1, -0.05) is 6.42 Å². The molecule has 1 saturated heterocycles. The number of nitrogens with zero attached hydrogens (tertiary/aromatic N) is 3. The van der Waals surface area contributed by atoms with E-state index in [2.05, 4.69) is 9.97 Å². The molecule has 130 valence electrons. The minimum atomic E-state index is -0.440. The fraction of sp³-hybridized carbons (Fsp3) is 0.737. The summed E-state index contributed by atoms with van der Waals surface area (Å²) in [7, 11) is 0. The number of likely N-dealkylation sites (tertiary alicyclic amines) is 1. The van der Waals surface area contributed by atoms with Crippen LogP contribution in [-0.4, -0.2) is 39.7 Å². The fourth-order valence-electron chi connectivity index (χ4n) is 4.19. The molecule has 3 aliphatic rings. The highest BCUT2D eigenvalue weighted by atomic mass is 16.6. The van der Waals surface area contributed by atoms with Gasteiger partial charge in [0.2, 0.25) is 0 Å². The summed E-state index contributed by atoms with van der Waals surface area (Å²) in [4.78, 5) is 23.0. The van der Waals surface area contributed by atoms with Crippen molar-refractivity contribution in [2.24, 2.45) is 5.41 Å². The first-order valence-electron chi connectivity index (χ1n) is 9.13. The summed E-state index contributed by atoms with van der Waals surface area (Å²) in [6.45, 7) is 7.02. The van der Waals surface area contributed by atoms with Crippen LogP contribution in [-0.2, 0) is 4.74 Å². The van der Waals surface area contributed by atoms with Crippen molar-refractivity contribution in [3.8, 4) is 0 Å². The van der Waals surface area contributed by atoms with Crippen molar-refractivity contribution in [1.82, 2.24) is 14.9 Å². The molecule has 2 heterocycles. The molecular formula is C19H27N3O2. The molecule has 3 fully saturated rings. The first-order chi connectivity index (χ1) is 11.3. The first-order valence-corrected chi connectivity index (χ1v) is 9.13. The average molecular weight is 329 g/mol. The zero-order chi connectivity index (χ0) is 16.9. The molecule has 1 aromatic rings. The van der Waals surface area contributed by atoms with E-state index in [0.29, 0.717) is 30.3 Å². The van der Waals surface area contributed by atoms with Gasteiger partial charge in [-0.2, -0.15) is 0 Å². The van der Waals surface area contributed by atoms with Crippen molar-refractivity contribution >= 4 is 6.09 Å². The van der Waals surface area contributed by atoms with E-state index in [1.54, 1.807) is 4.90 Å². The third-order valence-electron chi connectivity index (χ3n) is 5.83. The Morgan fingerprint density at radius 3 is 2.17 bits per heavy atom. The van der Waals surface area contributed by atoms with Crippen LogP contribution >= 0.6 is 0 Å². The van der Waals surface area contributed by atoms with E-state index in [1.165, 1.54) is 32.1 Å². The van der Waals surface area contributed by atoms with Crippen molar-refractivity contribution in [2.45, 2.75) is 70.3 Å². The number of carbonyl (C=O) groups excluding carboxylic acids is 1. The number of amides is 1. The summed E-state index contributed by atoms with van der Waals surface area (Å²) in [5, 5.41) is 0. The second-order valence-corrected chi connectivity index (χ2v) is 8.91. The summed E-state index contributed by atoms with van der Waals surface area (Å²) < 4.78 is 5.39. The second kappa shape index (κ2) is 5.43. The summed E-state index contributed by atoms with van der Waals surface area (Å²) >= 11 is 0. The maximum absolute atomic E-state index is 12.0. The highest BCUT2D eigenvalue weighted by molar-refractivity contribution is 5.69. The van der Waals surface area contributed by atoms with Gasteiger partial charge in [0.15, 0.2) is 0 Å². The van der Waals surface area contributed by atoms with Gasteiger partial charge in [0.25, 0.3) is 0 Å². The van der Waals surface area contributed by atoms with Crippen LogP contribution in [0.2, 0.25) is 0 Å². The zero-order valence-electron chi connectivity index (χ0n) is 14.9. The first kappa shape index (κ1) is 15.9. The lowest BCUT2D eigenvalue weighted by Gasteiger charge is -2.54. The SMILES string of the molecule is CC(C)(C)OC(=O)N1CC(c2cnc(C3CC4(CCC4)C3)cn2)C1. The van der Waals surface area contributed by atoms with Crippen LogP contribution in [0.3, 0.4) is 0 Å². The van der Waals surface area contributed by atoms with Gasteiger partial charge in [0.05, 0.1) is 11.4 Å². The smallest absolute Gasteiger partial charge is 0.410 e. The van der Waals surface area contributed by atoms with Crippen LogP contribution in [0.5, 0.6) is 0 Å². The minimum absolute atomic E-state index is 0.233. The Morgan fingerprint density at radius 1 is 1.12 bits per heavy atom. The van der Waals surface area contributed by atoms with Crippen LogP contribution in [0, 0.1) is 5.41 Å². The highest BCUT2D eigenvalue weighted by Crippen LogP contribution is 2.61. The molecule has 0 aromatic carbocycles. The molecule has 0 unspecified atom stereocenters. The van der Waals surface area contributed by atoms with Gasteiger partial charge in [-0.25, -0.2) is 4.79 Å². The van der Waals surface area contributed by atoms with Crippen molar-refractivity contribution in [1.29, 1.82) is 0 Å². The van der Waals surface area contributed by atoms with Gasteiger partial charge < -0.3 is 9.64 Å². The molecule has 24 heavy (non-hydrogen) atoms. The van der Waals surface area contributed by atoms with Gasteiger partial charge in [-0.15, -0.1) is 0 Å². The normalized spacial score (nSPS) is 23.4. The zero-order valence-corrected chi connectivity index (χ0v) is 14.9. The quantitative estimate of drug-likeness (QED) is 0.827. The molecule has 2 aliphatic carbocycles. The van der Waals surface area contributed by atoms with Crippen molar-refractivity contribution < 1.29 is 9.53 Å². The molecule has 0 bridgehead atoms. The molecule has 1 spiro atoms. The lowest BCUT2D eigenvalue weighted by molar-refractivity contribution is 0.00696. The van der Waals surface area contributed by atoms with Crippen LogP contribution in [0.1, 0.15) is 76.1 Å². The molecule has 0 radical (unpaired) electrons. The number of aromatic nitrogens is 2. The molecular weight excluding hydrogens is 302 g/mol. The average Bonchev–Trinajstić information content (AvgIpc) is 2.33. The largest absolute Gasteiger partial charge is 0.444 e. The number of ether oxygens (including phenoxy) is 1. The Morgan fingerprint density at radius 2 is 1.71 bits per heavy atom. The molecule has 0 atom stereocenters. The van der Waals surface area contributed by atoms with Crippen LogP contribution in [0.25, 0.3) is 0 Å². The minimum Gasteiger partial charge on any atom is -0.444 e. The van der Waals surface area contributed by atoms with Crippen molar-refractivity contribution in [3.05, 3.63) is 23.8 Å². The molecule has 1 aliphatic heterocycles. The van der Waals surface area contributed by atoms with Crippen molar-refractivity contribution in [3.63, 3.8) is 0 Å². The monoisotopic (exact) mass is 329 g/mol. The molecule has 4 rings (SSSR count). The number of hydrogen-bond donors (Lipinski definition) is 0. The Hall–Kier alpha value is -1.65. The number of hydrogen-bond acceptors (Lipinski definition) is 4. The van der Waals surface area contributed by atoms with E-state index in [-0.39, 0.29) is 6.09 Å². The van der Waals surface area contributed by atoms with Crippen LogP contribution < -0.4 is 0 Å². The number of carbonyl (C=O) groups is 1. The molecule has 5 nitrogen and oxygen atoms in total. The summed E-state index contributed by atoms with van der Waals surface area (Å²) in [5.41, 5.74) is 2.38. The molecule has 2 saturated carbocycles. The van der Waals surface area contributed by atoms with Gasteiger partial charge in [-0.3, -0.25) is 9.97 Å². The van der Waals surface area contributed by atoms with Gasteiger partial charge in [0, 0.05) is 37.3 Å². The van der Waals surface area contributed by atoms with Gasteiger partial charge in [-0.05, 0) is 51.9 Å². The van der Waals surface area contributed by atoms with Gasteiger partial charge in [0.1, 0.15) is 5.60 Å². The predicted octanol–water partition coefficient (Wildman–Crippen LogP) is 3.86. The maximum atomic E-state index is 12.0. The van der Waals surface area contributed by atoms with Crippen LogP contribution in [0.15, 0.2) is 12.4 Å². The Balaban J connectivity index is 1.28. The third kappa shape index (κ3) is 2.89. The standard InChI is InChI=1S/C19H27N3O2/c1-18(2,3)24-17(23)22-11-14(12-22)16-10-20-15(9-21-16)13-7-19(8-13)5-4-6-19/h9-10,13-14H,4-8,11-12H2,1-3H3. The molecule has 0 N–H and O–H groups in total. The van der Waals surface area contributed by atoms with E-state index >= 15 is 0 Å². The summed E-state index contributed by atoms with van der Waals surface area (Å²) in [6, 6.07) is 0. The lowest BCUT2D eigenvalue weighted by Crippen LogP contribution is -2.50. The summed E-state index contributed by atoms with van der Waals surface area (Å²) in [5.74, 6) is 0.907. The Bertz CT molecular complexity index is 617. The summed E-state index contributed by atoms with van der Waals surface area (Å²) in [6.07, 6.45) is 10.5. The van der Waals surface area contributed by atoms with E-state index in [9.17, 15) is 4.79 Å². The van der Waals surface area contributed by atoms with E-state index < -0.39 is 5.60 Å². The van der Waals surface area contributed by atoms with E-state index in [0.717, 1.165) is 11.4 Å². The van der Waals surface area contributed by atoms with Crippen LogP contribution in [0.4, 0.5) is 4.79 Å². The van der Waals surface area contributed by atoms with E-state index in [4.69, 9.17) is 4.74 Å². The van der Waals surface area contributed by atoms with Gasteiger partial charge >= 0.3 is 6.09 Å². The Kier molecular flexibility index (Phi) is 3.59. The Labute approximate surface area is 143 Å². The topological polar surface area (TPSA) is 55.3 Å². The molecule has 1 aromatic heterocycles. The van der Waals surface area contributed by atoms with Crippen molar-refractivity contribution in [2.75, 3.05) is 13.1 Å². The fourth-order valence-corrected chi connectivity index (χ4v) is 4.19. The third-order valence-corrected chi connectivity index (χ3v) is 5.83. The highest BCUT2D eigenvalue weighted by Gasteiger charge is 2.49. The molecule has 5 heteroatoms. The predicted molar refractivity (Wildman–Crippen MR) is 90.8 cm³/mol. The second-order valence-electron chi connectivity index (χ2n) is 8.91. The maximum Gasteiger partial charge on any atom is 0.410 e. The molecule has 1 amide bonds. The van der Waals surface area contributed by atoms with E-state index in [1.807, 2.05) is 33.2 Å².